The summed E-state index contributed by atoms with van der Waals surface area (Å²) in [7, 11) is 0. The number of halogens is 1. The normalized spacial score (nSPS) is 14.8. The molecule has 0 aromatic carbocycles. The fourth-order valence-corrected chi connectivity index (χ4v) is 3.33. The number of rotatable bonds is 3. The zero-order valence-corrected chi connectivity index (χ0v) is 14.5. The van der Waals surface area contributed by atoms with Crippen molar-refractivity contribution in [1.29, 1.82) is 0 Å². The molecule has 0 aliphatic carbocycles. The molecule has 6 nitrogen and oxygen atoms in total. The minimum Gasteiger partial charge on any atom is -0.378 e. The molecule has 122 valence electrons. The molecule has 23 heavy (non-hydrogen) atoms. The van der Waals surface area contributed by atoms with E-state index in [1.165, 1.54) is 11.3 Å². The molecule has 0 spiro atoms. The van der Waals surface area contributed by atoms with E-state index in [1.54, 1.807) is 12.1 Å². The molecule has 0 saturated carbocycles. The molecule has 1 fully saturated rings. The molecule has 0 unspecified atom stereocenters. The van der Waals surface area contributed by atoms with Crippen LogP contribution in [0.1, 0.15) is 21.1 Å². The van der Waals surface area contributed by atoms with Crippen LogP contribution in [-0.2, 0) is 4.74 Å². The summed E-state index contributed by atoms with van der Waals surface area (Å²) in [5.41, 5.74) is 2.14. The van der Waals surface area contributed by atoms with E-state index in [2.05, 4.69) is 20.2 Å². The van der Waals surface area contributed by atoms with Crippen LogP contribution in [0.4, 0.5) is 11.6 Å². The van der Waals surface area contributed by atoms with E-state index in [0.29, 0.717) is 34.1 Å². The van der Waals surface area contributed by atoms with E-state index in [0.717, 1.165) is 24.5 Å². The van der Waals surface area contributed by atoms with Crippen molar-refractivity contribution in [2.75, 3.05) is 36.5 Å². The highest BCUT2D eigenvalue weighted by Crippen LogP contribution is 2.25. The fourth-order valence-electron chi connectivity index (χ4n) is 2.40. The number of hydrogen-bond acceptors (Lipinski definition) is 6. The Morgan fingerprint density at radius 2 is 1.91 bits per heavy atom. The molecule has 2 aromatic heterocycles. The monoisotopic (exact) mass is 352 g/mol. The standard InChI is InChI=1S/C15H17ClN4O2S/c1-9-13(19-14(21)11-3-4-12(16)23-11)10(2)18-15(17-9)20-5-7-22-8-6-20/h3-4H,5-8H2,1-2H3,(H,19,21). The number of thiophene rings is 1. The summed E-state index contributed by atoms with van der Waals surface area (Å²) < 4.78 is 5.93. The number of carbonyl (C=O) groups is 1. The minimum absolute atomic E-state index is 0.198. The van der Waals surface area contributed by atoms with E-state index in [4.69, 9.17) is 16.3 Å². The molecule has 1 aliphatic rings. The first kappa shape index (κ1) is 16.2. The molecule has 0 radical (unpaired) electrons. The largest absolute Gasteiger partial charge is 0.378 e. The molecule has 8 heteroatoms. The van der Waals surface area contributed by atoms with Crippen LogP contribution in [0.5, 0.6) is 0 Å². The summed E-state index contributed by atoms with van der Waals surface area (Å²) in [5.74, 6) is 0.483. The van der Waals surface area contributed by atoms with Crippen molar-refractivity contribution in [1.82, 2.24) is 9.97 Å². The Morgan fingerprint density at radius 3 is 2.48 bits per heavy atom. The van der Waals surface area contributed by atoms with Gasteiger partial charge in [-0.1, -0.05) is 11.6 Å². The van der Waals surface area contributed by atoms with E-state index in [1.807, 2.05) is 13.8 Å². The number of amides is 1. The van der Waals surface area contributed by atoms with Gasteiger partial charge in [-0.2, -0.15) is 0 Å². The summed E-state index contributed by atoms with van der Waals surface area (Å²) in [5, 5.41) is 2.88. The number of anilines is 2. The Hall–Kier alpha value is -1.70. The number of morpholine rings is 1. The van der Waals surface area contributed by atoms with Crippen LogP contribution in [0, 0.1) is 13.8 Å². The highest BCUT2D eigenvalue weighted by molar-refractivity contribution is 7.18. The highest BCUT2D eigenvalue weighted by atomic mass is 35.5. The second-order valence-electron chi connectivity index (χ2n) is 5.23. The maximum Gasteiger partial charge on any atom is 0.265 e. The Kier molecular flexibility index (Phi) is 4.79. The average Bonchev–Trinajstić information content (AvgIpc) is 2.98. The molecule has 3 rings (SSSR count). The van der Waals surface area contributed by atoms with Crippen molar-refractivity contribution in [3.63, 3.8) is 0 Å². The number of carbonyl (C=O) groups excluding carboxylic acids is 1. The van der Waals surface area contributed by atoms with Crippen molar-refractivity contribution < 1.29 is 9.53 Å². The lowest BCUT2D eigenvalue weighted by atomic mass is 10.2. The van der Waals surface area contributed by atoms with Crippen molar-refractivity contribution in [3.8, 4) is 0 Å². The predicted molar refractivity (Wildman–Crippen MR) is 91.8 cm³/mol. The summed E-state index contributed by atoms with van der Waals surface area (Å²) in [6, 6.07) is 3.41. The molecule has 0 atom stereocenters. The van der Waals surface area contributed by atoms with Gasteiger partial charge in [-0.15, -0.1) is 11.3 Å². The van der Waals surface area contributed by atoms with E-state index < -0.39 is 0 Å². The molecule has 1 aliphatic heterocycles. The van der Waals surface area contributed by atoms with Crippen LogP contribution in [-0.4, -0.2) is 42.2 Å². The third-order valence-electron chi connectivity index (χ3n) is 3.59. The number of nitrogens with zero attached hydrogens (tertiary/aromatic N) is 3. The Bertz CT molecular complexity index is 705. The third-order valence-corrected chi connectivity index (χ3v) is 4.82. The lowest BCUT2D eigenvalue weighted by Gasteiger charge is -2.27. The number of aryl methyl sites for hydroxylation is 2. The van der Waals surface area contributed by atoms with Gasteiger partial charge in [-0.3, -0.25) is 4.79 Å². The van der Waals surface area contributed by atoms with Crippen LogP contribution in [0.2, 0.25) is 4.34 Å². The first-order chi connectivity index (χ1) is 11.0. The van der Waals surface area contributed by atoms with E-state index in [-0.39, 0.29) is 5.91 Å². The molecule has 1 saturated heterocycles. The summed E-state index contributed by atoms with van der Waals surface area (Å²) in [6.45, 7) is 6.65. The molecular formula is C15H17ClN4O2S. The van der Waals surface area contributed by atoms with Gasteiger partial charge in [0.15, 0.2) is 0 Å². The topological polar surface area (TPSA) is 67.3 Å². The maximum absolute atomic E-state index is 12.3. The Morgan fingerprint density at radius 1 is 1.26 bits per heavy atom. The molecular weight excluding hydrogens is 336 g/mol. The predicted octanol–water partition coefficient (Wildman–Crippen LogP) is 2.90. The van der Waals surface area contributed by atoms with Crippen molar-refractivity contribution in [3.05, 3.63) is 32.7 Å². The number of nitrogens with one attached hydrogen (secondary N) is 1. The SMILES string of the molecule is Cc1nc(N2CCOCC2)nc(C)c1NC(=O)c1ccc(Cl)s1. The zero-order chi connectivity index (χ0) is 16.4. The van der Waals surface area contributed by atoms with Crippen LogP contribution in [0.15, 0.2) is 12.1 Å². The first-order valence-electron chi connectivity index (χ1n) is 7.29. The van der Waals surface area contributed by atoms with Gasteiger partial charge in [0, 0.05) is 13.1 Å². The van der Waals surface area contributed by atoms with Crippen LogP contribution in [0.25, 0.3) is 0 Å². The number of ether oxygens (including phenoxy) is 1. The van der Waals surface area contributed by atoms with Gasteiger partial charge in [-0.25, -0.2) is 9.97 Å². The van der Waals surface area contributed by atoms with Gasteiger partial charge < -0.3 is 15.0 Å². The fraction of sp³-hybridized carbons (Fsp3) is 0.400. The van der Waals surface area contributed by atoms with Gasteiger partial charge in [0.2, 0.25) is 5.95 Å². The Labute approximate surface area is 143 Å². The Balaban J connectivity index is 1.81. The first-order valence-corrected chi connectivity index (χ1v) is 8.48. The summed E-state index contributed by atoms with van der Waals surface area (Å²) in [4.78, 5) is 24.0. The molecule has 2 aromatic rings. The number of hydrogen-bond donors (Lipinski definition) is 1. The van der Waals surface area contributed by atoms with Crippen LogP contribution < -0.4 is 10.2 Å². The quantitative estimate of drug-likeness (QED) is 0.920. The molecule has 1 N–H and O–H groups in total. The lowest BCUT2D eigenvalue weighted by molar-refractivity contribution is 0.103. The third kappa shape index (κ3) is 3.63. The van der Waals surface area contributed by atoms with Gasteiger partial charge in [0.1, 0.15) is 0 Å². The smallest absolute Gasteiger partial charge is 0.265 e. The van der Waals surface area contributed by atoms with E-state index in [9.17, 15) is 4.79 Å². The number of aromatic nitrogens is 2. The zero-order valence-electron chi connectivity index (χ0n) is 12.9. The molecule has 0 bridgehead atoms. The second kappa shape index (κ2) is 6.82. The van der Waals surface area contributed by atoms with Gasteiger partial charge in [0.25, 0.3) is 5.91 Å². The summed E-state index contributed by atoms with van der Waals surface area (Å²) >= 11 is 7.12. The van der Waals surface area contributed by atoms with Crippen molar-refractivity contribution in [2.24, 2.45) is 0 Å². The maximum atomic E-state index is 12.3. The average molecular weight is 353 g/mol. The van der Waals surface area contributed by atoms with Gasteiger partial charge >= 0.3 is 0 Å². The lowest BCUT2D eigenvalue weighted by Crippen LogP contribution is -2.37. The molecule has 3 heterocycles. The van der Waals surface area contributed by atoms with Crippen molar-refractivity contribution in [2.45, 2.75) is 13.8 Å². The van der Waals surface area contributed by atoms with Crippen LogP contribution in [0.3, 0.4) is 0 Å². The van der Waals surface area contributed by atoms with Gasteiger partial charge in [-0.05, 0) is 26.0 Å². The minimum atomic E-state index is -0.198. The molecule has 1 amide bonds. The summed E-state index contributed by atoms with van der Waals surface area (Å²) in [6.07, 6.45) is 0. The van der Waals surface area contributed by atoms with Crippen LogP contribution >= 0.6 is 22.9 Å². The van der Waals surface area contributed by atoms with Crippen molar-refractivity contribution >= 4 is 40.5 Å². The van der Waals surface area contributed by atoms with Gasteiger partial charge in [0.05, 0.1) is 39.5 Å². The highest BCUT2D eigenvalue weighted by Gasteiger charge is 2.18. The van der Waals surface area contributed by atoms with E-state index >= 15 is 0 Å². The second-order valence-corrected chi connectivity index (χ2v) is 6.94.